The molecule has 0 spiro atoms. The number of carbonyl (C=O) groups excluding carboxylic acids is 1. The molecule has 0 aromatic carbocycles. The van der Waals surface area contributed by atoms with E-state index in [9.17, 15) is 4.79 Å². The van der Waals surface area contributed by atoms with Gasteiger partial charge in [0.2, 0.25) is 5.76 Å². The van der Waals surface area contributed by atoms with Crippen molar-refractivity contribution in [3.8, 4) is 0 Å². The first-order valence-corrected chi connectivity index (χ1v) is 4.41. The normalized spacial score (nSPS) is 27.1. The van der Waals surface area contributed by atoms with Gasteiger partial charge in [-0.25, -0.2) is 4.98 Å². The van der Waals surface area contributed by atoms with Crippen LogP contribution in [-0.4, -0.2) is 27.9 Å². The second-order valence-electron chi connectivity index (χ2n) is 3.51. The van der Waals surface area contributed by atoms with Gasteiger partial charge in [0.1, 0.15) is 0 Å². The lowest BCUT2D eigenvalue weighted by molar-refractivity contribution is 0.0236. The summed E-state index contributed by atoms with van der Waals surface area (Å²) in [4.78, 5) is 17.2. The Hall–Kier alpha value is -1.32. The lowest BCUT2D eigenvalue weighted by Crippen LogP contribution is -2.55. The van der Waals surface area contributed by atoms with Crippen LogP contribution in [-0.2, 0) is 0 Å². The van der Waals surface area contributed by atoms with Gasteiger partial charge in [-0.1, -0.05) is 0 Å². The van der Waals surface area contributed by atoms with Crippen LogP contribution in [0, 0.1) is 0 Å². The summed E-state index contributed by atoms with van der Waals surface area (Å²) in [6.07, 6.45) is 3.81. The second kappa shape index (κ2) is 2.87. The fourth-order valence-corrected chi connectivity index (χ4v) is 1.87. The number of hydrogen-bond acceptors (Lipinski definition) is 3. The number of carbonyl (C=O) groups is 1. The summed E-state index contributed by atoms with van der Waals surface area (Å²) in [6.45, 7) is 4.07. The van der Waals surface area contributed by atoms with Gasteiger partial charge in [0.15, 0.2) is 6.39 Å². The summed E-state index contributed by atoms with van der Waals surface area (Å²) < 4.78 is 4.95. The molecule has 1 fully saturated rings. The SMILES string of the molecule is CC1CC(C)N1C(=O)c1cnco1. The standard InChI is InChI=1S/C9H12N2O2/c1-6-3-7(2)11(6)9(12)8-4-10-5-13-8/h4-7H,3H2,1-2H3. The van der Waals surface area contributed by atoms with Crippen LogP contribution in [0.4, 0.5) is 0 Å². The van der Waals surface area contributed by atoms with Crippen LogP contribution in [0.2, 0.25) is 0 Å². The molecule has 1 aromatic rings. The first-order valence-electron chi connectivity index (χ1n) is 4.41. The maximum atomic E-state index is 11.7. The zero-order valence-corrected chi connectivity index (χ0v) is 7.73. The van der Waals surface area contributed by atoms with Crippen molar-refractivity contribution in [2.75, 3.05) is 0 Å². The molecule has 0 radical (unpaired) electrons. The minimum Gasteiger partial charge on any atom is -0.438 e. The highest BCUT2D eigenvalue weighted by Gasteiger charge is 2.37. The number of likely N-dealkylation sites (tertiary alicyclic amines) is 1. The maximum Gasteiger partial charge on any atom is 0.291 e. The van der Waals surface area contributed by atoms with E-state index in [2.05, 4.69) is 4.98 Å². The van der Waals surface area contributed by atoms with Crippen molar-refractivity contribution < 1.29 is 9.21 Å². The molecule has 0 saturated carbocycles. The van der Waals surface area contributed by atoms with E-state index in [0.717, 1.165) is 6.42 Å². The smallest absolute Gasteiger partial charge is 0.291 e. The van der Waals surface area contributed by atoms with E-state index in [1.54, 1.807) is 0 Å². The lowest BCUT2D eigenvalue weighted by atomic mass is 9.95. The first-order chi connectivity index (χ1) is 6.20. The minimum atomic E-state index is -0.0521. The summed E-state index contributed by atoms with van der Waals surface area (Å²) in [5.41, 5.74) is 0. The predicted octanol–water partition coefficient (Wildman–Crippen LogP) is 1.30. The van der Waals surface area contributed by atoms with Gasteiger partial charge in [-0.3, -0.25) is 4.79 Å². The van der Waals surface area contributed by atoms with Crippen molar-refractivity contribution in [1.29, 1.82) is 0 Å². The second-order valence-corrected chi connectivity index (χ2v) is 3.51. The van der Waals surface area contributed by atoms with Crippen LogP contribution < -0.4 is 0 Å². The Morgan fingerprint density at radius 1 is 1.62 bits per heavy atom. The topological polar surface area (TPSA) is 46.3 Å². The van der Waals surface area contributed by atoms with Crippen LogP contribution in [0.25, 0.3) is 0 Å². The zero-order chi connectivity index (χ0) is 9.42. The Morgan fingerprint density at radius 3 is 2.77 bits per heavy atom. The minimum absolute atomic E-state index is 0.0521. The third-order valence-electron chi connectivity index (χ3n) is 2.51. The molecule has 2 atom stereocenters. The molecule has 4 heteroatoms. The molecule has 2 heterocycles. The van der Waals surface area contributed by atoms with E-state index in [4.69, 9.17) is 4.42 Å². The quantitative estimate of drug-likeness (QED) is 0.654. The highest BCUT2D eigenvalue weighted by atomic mass is 16.3. The number of nitrogens with zero attached hydrogens (tertiary/aromatic N) is 2. The molecule has 1 amide bonds. The van der Waals surface area contributed by atoms with Gasteiger partial charge in [-0.05, 0) is 20.3 Å². The predicted molar refractivity (Wildman–Crippen MR) is 46.2 cm³/mol. The van der Waals surface area contributed by atoms with Crippen molar-refractivity contribution in [3.05, 3.63) is 18.4 Å². The van der Waals surface area contributed by atoms with E-state index in [-0.39, 0.29) is 5.91 Å². The average Bonchev–Trinajstić information content (AvgIpc) is 2.55. The molecule has 1 aliphatic heterocycles. The number of aromatic nitrogens is 1. The van der Waals surface area contributed by atoms with E-state index >= 15 is 0 Å². The van der Waals surface area contributed by atoms with Gasteiger partial charge >= 0.3 is 0 Å². The Labute approximate surface area is 76.6 Å². The first kappa shape index (κ1) is 8.29. The molecule has 0 bridgehead atoms. The number of amides is 1. The number of hydrogen-bond donors (Lipinski definition) is 0. The largest absolute Gasteiger partial charge is 0.438 e. The summed E-state index contributed by atoms with van der Waals surface area (Å²) in [5.74, 6) is 0.280. The van der Waals surface area contributed by atoms with Crippen molar-refractivity contribution in [1.82, 2.24) is 9.88 Å². The summed E-state index contributed by atoms with van der Waals surface area (Å²) in [7, 11) is 0. The average molecular weight is 180 g/mol. The maximum absolute atomic E-state index is 11.7. The molecule has 70 valence electrons. The van der Waals surface area contributed by atoms with Gasteiger partial charge in [-0.2, -0.15) is 0 Å². The molecule has 0 N–H and O–H groups in total. The Morgan fingerprint density at radius 2 is 2.31 bits per heavy atom. The van der Waals surface area contributed by atoms with Gasteiger partial charge in [-0.15, -0.1) is 0 Å². The van der Waals surface area contributed by atoms with Crippen molar-refractivity contribution >= 4 is 5.91 Å². The third-order valence-corrected chi connectivity index (χ3v) is 2.51. The summed E-state index contributed by atoms with van der Waals surface area (Å²) in [5, 5.41) is 0. The molecule has 1 aliphatic rings. The summed E-state index contributed by atoms with van der Waals surface area (Å²) in [6, 6.07) is 0.653. The fourth-order valence-electron chi connectivity index (χ4n) is 1.87. The zero-order valence-electron chi connectivity index (χ0n) is 7.73. The van der Waals surface area contributed by atoms with Gasteiger partial charge < -0.3 is 9.32 Å². The lowest BCUT2D eigenvalue weighted by Gasteiger charge is -2.44. The summed E-state index contributed by atoms with van der Waals surface area (Å²) >= 11 is 0. The van der Waals surface area contributed by atoms with Crippen LogP contribution in [0.3, 0.4) is 0 Å². The van der Waals surface area contributed by atoms with E-state index < -0.39 is 0 Å². The van der Waals surface area contributed by atoms with Crippen LogP contribution in [0.1, 0.15) is 30.8 Å². The molecule has 13 heavy (non-hydrogen) atoms. The highest BCUT2D eigenvalue weighted by Crippen LogP contribution is 2.26. The molecule has 2 rings (SSSR count). The molecule has 4 nitrogen and oxygen atoms in total. The fraction of sp³-hybridized carbons (Fsp3) is 0.556. The molecular weight excluding hydrogens is 168 g/mol. The third kappa shape index (κ3) is 1.22. The molecule has 1 saturated heterocycles. The van der Waals surface area contributed by atoms with Crippen molar-refractivity contribution in [2.24, 2.45) is 0 Å². The Balaban J connectivity index is 2.14. The van der Waals surface area contributed by atoms with E-state index in [1.807, 2.05) is 18.7 Å². The molecule has 2 unspecified atom stereocenters. The monoisotopic (exact) mass is 180 g/mol. The number of oxazole rings is 1. The molecular formula is C9H12N2O2. The van der Waals surface area contributed by atoms with Crippen molar-refractivity contribution in [3.63, 3.8) is 0 Å². The van der Waals surface area contributed by atoms with Crippen LogP contribution in [0.15, 0.2) is 17.0 Å². The van der Waals surface area contributed by atoms with E-state index in [1.165, 1.54) is 12.6 Å². The van der Waals surface area contributed by atoms with Crippen LogP contribution >= 0.6 is 0 Å². The Kier molecular flexibility index (Phi) is 1.83. The van der Waals surface area contributed by atoms with Gasteiger partial charge in [0, 0.05) is 12.1 Å². The Bertz CT molecular complexity index is 299. The molecule has 0 aliphatic carbocycles. The van der Waals surface area contributed by atoms with Crippen molar-refractivity contribution in [2.45, 2.75) is 32.4 Å². The van der Waals surface area contributed by atoms with Gasteiger partial charge in [0.05, 0.1) is 6.20 Å². The number of rotatable bonds is 1. The van der Waals surface area contributed by atoms with Crippen LogP contribution in [0.5, 0.6) is 0 Å². The van der Waals surface area contributed by atoms with E-state index in [0.29, 0.717) is 17.8 Å². The van der Waals surface area contributed by atoms with Gasteiger partial charge in [0.25, 0.3) is 5.91 Å². The molecule has 1 aromatic heterocycles. The highest BCUT2D eigenvalue weighted by molar-refractivity contribution is 5.92.